The summed E-state index contributed by atoms with van der Waals surface area (Å²) < 4.78 is 8.90. The third kappa shape index (κ3) is 3.90. The lowest BCUT2D eigenvalue weighted by molar-refractivity contribution is 0.0943. The van der Waals surface area contributed by atoms with Gasteiger partial charge in [-0.3, -0.25) is 19.0 Å². The zero-order valence-corrected chi connectivity index (χ0v) is 15.6. The van der Waals surface area contributed by atoms with Gasteiger partial charge in [-0.15, -0.1) is 0 Å². The van der Waals surface area contributed by atoms with E-state index in [-0.39, 0.29) is 17.9 Å². The van der Waals surface area contributed by atoms with Crippen LogP contribution in [0.5, 0.6) is 0 Å². The topological polar surface area (TPSA) is 107 Å². The molecule has 0 aliphatic carbocycles. The summed E-state index contributed by atoms with van der Waals surface area (Å²) in [6.07, 6.45) is 4.83. The first kappa shape index (κ1) is 17.2. The molecule has 0 radical (unpaired) electrons. The Bertz CT molecular complexity index is 912. The van der Waals surface area contributed by atoms with Gasteiger partial charge < -0.3 is 15.1 Å². The van der Waals surface area contributed by atoms with Crippen LogP contribution in [0.3, 0.4) is 0 Å². The SMILES string of the molecule is Cn1cc(I)c(C(=O)Nc2cn(C)nc2C(=O)NCc2ccco2)n1. The van der Waals surface area contributed by atoms with Crippen LogP contribution in [0.25, 0.3) is 0 Å². The van der Waals surface area contributed by atoms with E-state index in [0.29, 0.717) is 15.0 Å². The number of carbonyl (C=O) groups excluding carboxylic acids is 2. The summed E-state index contributed by atoms with van der Waals surface area (Å²) in [6, 6.07) is 3.49. The largest absolute Gasteiger partial charge is 0.467 e. The van der Waals surface area contributed by atoms with Crippen LogP contribution in [0.1, 0.15) is 26.7 Å². The molecule has 3 heterocycles. The summed E-state index contributed by atoms with van der Waals surface area (Å²) >= 11 is 2.03. The van der Waals surface area contributed by atoms with Crippen LogP contribution in [0.4, 0.5) is 5.69 Å². The molecule has 10 heteroatoms. The van der Waals surface area contributed by atoms with Gasteiger partial charge in [-0.25, -0.2) is 0 Å². The lowest BCUT2D eigenvalue weighted by Crippen LogP contribution is -2.25. The summed E-state index contributed by atoms with van der Waals surface area (Å²) in [4.78, 5) is 24.8. The Hall–Kier alpha value is -2.63. The van der Waals surface area contributed by atoms with Gasteiger partial charge in [-0.05, 0) is 34.7 Å². The molecule has 0 aliphatic heterocycles. The Labute approximate surface area is 156 Å². The number of carbonyl (C=O) groups is 2. The van der Waals surface area contributed by atoms with Gasteiger partial charge in [-0.1, -0.05) is 0 Å². The first-order valence-electron chi connectivity index (χ1n) is 7.28. The highest BCUT2D eigenvalue weighted by atomic mass is 127. The van der Waals surface area contributed by atoms with Gasteiger partial charge in [0.25, 0.3) is 11.8 Å². The molecule has 0 unspecified atom stereocenters. The number of rotatable bonds is 5. The van der Waals surface area contributed by atoms with Crippen molar-refractivity contribution < 1.29 is 14.0 Å². The number of furan rings is 1. The van der Waals surface area contributed by atoms with Crippen LogP contribution < -0.4 is 10.6 Å². The number of anilines is 1. The average Bonchev–Trinajstić information content (AvgIpc) is 3.26. The van der Waals surface area contributed by atoms with E-state index in [9.17, 15) is 9.59 Å². The molecule has 0 saturated heterocycles. The normalized spacial score (nSPS) is 10.7. The molecule has 0 fully saturated rings. The van der Waals surface area contributed by atoms with E-state index >= 15 is 0 Å². The molecule has 25 heavy (non-hydrogen) atoms. The van der Waals surface area contributed by atoms with Crippen molar-refractivity contribution in [2.24, 2.45) is 14.1 Å². The fraction of sp³-hybridized carbons (Fsp3) is 0.200. The van der Waals surface area contributed by atoms with E-state index in [1.54, 1.807) is 43.3 Å². The fourth-order valence-corrected chi connectivity index (χ4v) is 2.96. The van der Waals surface area contributed by atoms with Crippen molar-refractivity contribution in [2.45, 2.75) is 6.54 Å². The summed E-state index contributed by atoms with van der Waals surface area (Å²) in [5.41, 5.74) is 0.716. The second kappa shape index (κ2) is 7.09. The van der Waals surface area contributed by atoms with E-state index in [2.05, 4.69) is 20.8 Å². The molecule has 3 aromatic heterocycles. The molecule has 0 bridgehead atoms. The molecule has 2 N–H and O–H groups in total. The molecular weight excluding hydrogens is 439 g/mol. The lowest BCUT2D eigenvalue weighted by atomic mass is 10.3. The number of nitrogens with zero attached hydrogens (tertiary/aromatic N) is 4. The number of amides is 2. The second-order valence-electron chi connectivity index (χ2n) is 5.28. The average molecular weight is 454 g/mol. The highest BCUT2D eigenvalue weighted by Crippen LogP contribution is 2.17. The molecule has 2 amide bonds. The third-order valence-corrected chi connectivity index (χ3v) is 4.08. The minimum atomic E-state index is -0.414. The van der Waals surface area contributed by atoms with E-state index < -0.39 is 11.8 Å². The standard InChI is InChI=1S/C15H15IN6O3/c1-21-7-10(16)12(19-21)15(24)18-11-8-22(2)20-13(11)14(23)17-6-9-4-3-5-25-9/h3-5,7-8H,6H2,1-2H3,(H,17,23)(H,18,24). The minimum Gasteiger partial charge on any atom is -0.467 e. The number of halogens is 1. The third-order valence-electron chi connectivity index (χ3n) is 3.29. The highest BCUT2D eigenvalue weighted by molar-refractivity contribution is 14.1. The number of nitrogens with one attached hydrogen (secondary N) is 2. The molecule has 3 aromatic rings. The minimum absolute atomic E-state index is 0.119. The van der Waals surface area contributed by atoms with Gasteiger partial charge in [0.1, 0.15) is 5.76 Å². The predicted molar refractivity (Wildman–Crippen MR) is 97.0 cm³/mol. The Morgan fingerprint density at radius 2 is 1.88 bits per heavy atom. The Morgan fingerprint density at radius 3 is 2.52 bits per heavy atom. The molecule has 0 spiro atoms. The van der Waals surface area contributed by atoms with Gasteiger partial charge in [-0.2, -0.15) is 10.2 Å². The highest BCUT2D eigenvalue weighted by Gasteiger charge is 2.21. The van der Waals surface area contributed by atoms with Crippen LogP contribution in [0.2, 0.25) is 0 Å². The lowest BCUT2D eigenvalue weighted by Gasteiger charge is -2.05. The van der Waals surface area contributed by atoms with Gasteiger partial charge in [0.15, 0.2) is 11.4 Å². The summed E-state index contributed by atoms with van der Waals surface area (Å²) in [6.45, 7) is 0.230. The number of hydrogen-bond acceptors (Lipinski definition) is 5. The molecule has 0 aliphatic rings. The molecule has 0 aromatic carbocycles. The molecule has 130 valence electrons. The second-order valence-corrected chi connectivity index (χ2v) is 6.44. The van der Waals surface area contributed by atoms with E-state index in [1.807, 2.05) is 22.6 Å². The molecular formula is C15H15IN6O3. The van der Waals surface area contributed by atoms with Crippen molar-refractivity contribution in [1.29, 1.82) is 0 Å². The maximum atomic E-state index is 12.4. The predicted octanol–water partition coefficient (Wildman–Crippen LogP) is 1.53. The molecule has 0 atom stereocenters. The molecule has 9 nitrogen and oxygen atoms in total. The zero-order chi connectivity index (χ0) is 18.0. The van der Waals surface area contributed by atoms with E-state index in [0.717, 1.165) is 0 Å². The van der Waals surface area contributed by atoms with Crippen LogP contribution >= 0.6 is 22.6 Å². The first-order valence-corrected chi connectivity index (χ1v) is 8.36. The Balaban J connectivity index is 1.75. The van der Waals surface area contributed by atoms with Crippen molar-refractivity contribution in [2.75, 3.05) is 5.32 Å². The molecule has 0 saturated carbocycles. The van der Waals surface area contributed by atoms with E-state index in [1.165, 1.54) is 10.9 Å². The van der Waals surface area contributed by atoms with Crippen LogP contribution in [0, 0.1) is 3.57 Å². The smallest absolute Gasteiger partial charge is 0.277 e. The number of aromatic nitrogens is 4. The van der Waals surface area contributed by atoms with Gasteiger partial charge in [0.05, 0.1) is 22.1 Å². The zero-order valence-electron chi connectivity index (χ0n) is 13.5. The van der Waals surface area contributed by atoms with Crippen molar-refractivity contribution >= 4 is 40.1 Å². The quantitative estimate of drug-likeness (QED) is 0.569. The summed E-state index contributed by atoms with van der Waals surface area (Å²) in [5, 5.41) is 13.6. The summed E-state index contributed by atoms with van der Waals surface area (Å²) in [5.74, 6) is -0.195. The van der Waals surface area contributed by atoms with Gasteiger partial charge in [0, 0.05) is 26.5 Å². The maximum absolute atomic E-state index is 12.4. The maximum Gasteiger partial charge on any atom is 0.277 e. The van der Waals surface area contributed by atoms with Gasteiger partial charge in [0.2, 0.25) is 0 Å². The number of hydrogen-bond donors (Lipinski definition) is 2. The van der Waals surface area contributed by atoms with Crippen LogP contribution in [-0.4, -0.2) is 31.4 Å². The van der Waals surface area contributed by atoms with Crippen molar-refractivity contribution in [3.05, 3.63) is 51.5 Å². The first-order chi connectivity index (χ1) is 11.9. The molecule has 3 rings (SSSR count). The van der Waals surface area contributed by atoms with Crippen molar-refractivity contribution in [3.8, 4) is 0 Å². The van der Waals surface area contributed by atoms with Gasteiger partial charge >= 0.3 is 0 Å². The van der Waals surface area contributed by atoms with Crippen LogP contribution in [-0.2, 0) is 20.6 Å². The van der Waals surface area contributed by atoms with Crippen molar-refractivity contribution in [1.82, 2.24) is 24.9 Å². The fourth-order valence-electron chi connectivity index (χ4n) is 2.21. The number of aryl methyl sites for hydroxylation is 2. The van der Waals surface area contributed by atoms with Crippen molar-refractivity contribution in [3.63, 3.8) is 0 Å². The Kier molecular flexibility index (Phi) is 4.88. The summed E-state index contributed by atoms with van der Waals surface area (Å²) in [7, 11) is 3.40. The Morgan fingerprint density at radius 1 is 1.16 bits per heavy atom. The monoisotopic (exact) mass is 454 g/mol. The van der Waals surface area contributed by atoms with Crippen LogP contribution in [0.15, 0.2) is 35.2 Å². The van der Waals surface area contributed by atoms with E-state index in [4.69, 9.17) is 4.42 Å².